The Hall–Kier alpha value is -4.06. The number of benzene rings is 4. The zero-order valence-electron chi connectivity index (χ0n) is 19.7. The van der Waals surface area contributed by atoms with Crippen LogP contribution in [0.4, 0.5) is 11.4 Å². The predicted octanol–water partition coefficient (Wildman–Crippen LogP) is 5.50. The van der Waals surface area contributed by atoms with E-state index in [9.17, 15) is 16.8 Å². The van der Waals surface area contributed by atoms with Crippen LogP contribution in [0.15, 0.2) is 145 Å². The van der Waals surface area contributed by atoms with Crippen LogP contribution in [0.3, 0.4) is 0 Å². The Balaban J connectivity index is 1.75. The van der Waals surface area contributed by atoms with Crippen LogP contribution in [0.2, 0.25) is 0 Å². The second-order valence-corrected chi connectivity index (χ2v) is 12.1. The second-order valence-electron chi connectivity index (χ2n) is 7.89. The maximum absolute atomic E-state index is 13.3. The Kier molecular flexibility index (Phi) is 7.23. The lowest BCUT2D eigenvalue weighted by atomic mass is 10.3. The lowest BCUT2D eigenvalue weighted by Gasteiger charge is -2.18. The highest BCUT2D eigenvalue weighted by molar-refractivity contribution is 8.30. The molecule has 4 aromatic rings. The number of rotatable bonds is 6. The van der Waals surface area contributed by atoms with Crippen LogP contribution in [0, 0.1) is 0 Å². The van der Waals surface area contributed by atoms with E-state index in [1.54, 1.807) is 72.8 Å². The van der Waals surface area contributed by atoms with Crippen LogP contribution in [-0.2, 0) is 20.0 Å². The summed E-state index contributed by atoms with van der Waals surface area (Å²) >= 11 is 0.925. The molecular weight excluding hydrogens is 541 g/mol. The van der Waals surface area contributed by atoms with Crippen molar-refractivity contribution in [2.24, 2.45) is 13.8 Å². The van der Waals surface area contributed by atoms with Gasteiger partial charge in [0.2, 0.25) is 0 Å². The van der Waals surface area contributed by atoms with Crippen molar-refractivity contribution in [1.29, 1.82) is 0 Å². The molecule has 190 valence electrons. The van der Waals surface area contributed by atoms with Crippen LogP contribution in [0.5, 0.6) is 0 Å². The van der Waals surface area contributed by atoms with Crippen LogP contribution < -0.4 is 4.90 Å². The summed E-state index contributed by atoms with van der Waals surface area (Å²) in [5.41, 5.74) is 1.13. The number of anilines is 1. The van der Waals surface area contributed by atoms with Crippen molar-refractivity contribution < 1.29 is 16.8 Å². The van der Waals surface area contributed by atoms with Crippen molar-refractivity contribution in [2.45, 2.75) is 9.79 Å². The lowest BCUT2D eigenvalue weighted by molar-refractivity contribution is 0.596. The number of aliphatic imine (C=N–C) groups is 1. The quantitative estimate of drug-likeness (QED) is 0.308. The largest absolute Gasteiger partial charge is 0.284 e. The van der Waals surface area contributed by atoms with Crippen molar-refractivity contribution >= 4 is 59.2 Å². The lowest BCUT2D eigenvalue weighted by Crippen LogP contribution is -2.32. The summed E-state index contributed by atoms with van der Waals surface area (Å²) in [7, 11) is -8.42. The number of sulfonamides is 2. The number of para-hydroxylation sites is 2. The standard InChI is InChI=1S/C27H20N4O4S3/c32-37(33,23-17-9-3-10-18-23)29-25-26(30-38(34,35)24-19-11-4-12-20-24)36-27(28-21-13-5-1-6-14-21)31(25)22-15-7-2-8-16-22/h1-20H/b28-27?,29-25+,30-26?. The Bertz CT molecular complexity index is 1740. The monoisotopic (exact) mass is 560 g/mol. The second kappa shape index (κ2) is 10.7. The molecule has 38 heavy (non-hydrogen) atoms. The fourth-order valence-electron chi connectivity index (χ4n) is 3.51. The Morgan fingerprint density at radius 3 is 1.53 bits per heavy atom. The first kappa shape index (κ1) is 25.6. The molecular formula is C27H20N4O4S3. The molecule has 4 aromatic carbocycles. The van der Waals surface area contributed by atoms with Gasteiger partial charge in [-0.3, -0.25) is 4.90 Å². The number of hydrogen-bond donors (Lipinski definition) is 0. The third kappa shape index (κ3) is 5.59. The fourth-order valence-corrected chi connectivity index (χ4v) is 6.76. The molecule has 0 aliphatic carbocycles. The summed E-state index contributed by atoms with van der Waals surface area (Å²) in [5, 5.41) is 0.179. The molecule has 8 nitrogen and oxygen atoms in total. The molecule has 1 saturated heterocycles. The molecule has 1 heterocycles. The van der Waals surface area contributed by atoms with Crippen molar-refractivity contribution in [3.05, 3.63) is 121 Å². The van der Waals surface area contributed by atoms with Gasteiger partial charge in [-0.1, -0.05) is 72.8 Å². The van der Waals surface area contributed by atoms with Crippen molar-refractivity contribution in [2.75, 3.05) is 4.90 Å². The summed E-state index contributed by atoms with van der Waals surface area (Å²) in [4.78, 5) is 6.11. The van der Waals surface area contributed by atoms with E-state index in [1.165, 1.54) is 29.2 Å². The van der Waals surface area contributed by atoms with Crippen LogP contribution in [-0.4, -0.2) is 32.9 Å². The molecule has 11 heteroatoms. The van der Waals surface area contributed by atoms with E-state index in [0.717, 1.165) is 11.8 Å². The molecule has 0 radical (unpaired) electrons. The van der Waals surface area contributed by atoms with E-state index >= 15 is 0 Å². The maximum atomic E-state index is 13.3. The molecule has 0 aromatic heterocycles. The van der Waals surface area contributed by atoms with Gasteiger partial charge in [-0.2, -0.15) is 16.8 Å². The van der Waals surface area contributed by atoms with E-state index in [4.69, 9.17) is 0 Å². The highest BCUT2D eigenvalue weighted by atomic mass is 32.2. The van der Waals surface area contributed by atoms with Gasteiger partial charge >= 0.3 is 0 Å². The van der Waals surface area contributed by atoms with Crippen molar-refractivity contribution in [1.82, 2.24) is 0 Å². The van der Waals surface area contributed by atoms with E-state index in [1.807, 2.05) is 24.3 Å². The summed E-state index contributed by atoms with van der Waals surface area (Å²) in [6, 6.07) is 33.3. The zero-order valence-corrected chi connectivity index (χ0v) is 22.1. The first-order chi connectivity index (χ1) is 18.3. The molecule has 0 saturated carbocycles. The Morgan fingerprint density at radius 2 is 1.00 bits per heavy atom. The Labute approximate surface area is 225 Å². The molecule has 1 fully saturated rings. The molecule has 0 N–H and O–H groups in total. The number of nitrogens with zero attached hydrogens (tertiary/aromatic N) is 4. The highest BCUT2D eigenvalue weighted by Crippen LogP contribution is 2.33. The SMILES string of the molecule is O=S(=O)(N=C1SC(=Nc2ccccc2)N(c2ccccc2)/C1=N/S(=O)(=O)c1ccccc1)c1ccccc1. The van der Waals surface area contributed by atoms with Gasteiger partial charge in [0, 0.05) is 5.69 Å². The van der Waals surface area contributed by atoms with E-state index in [0.29, 0.717) is 16.5 Å². The summed E-state index contributed by atoms with van der Waals surface area (Å²) in [5.74, 6) is -0.167. The van der Waals surface area contributed by atoms with Crippen molar-refractivity contribution in [3.63, 3.8) is 0 Å². The summed E-state index contributed by atoms with van der Waals surface area (Å²) < 4.78 is 61.3. The summed E-state index contributed by atoms with van der Waals surface area (Å²) in [6.07, 6.45) is 0. The molecule has 0 spiro atoms. The Morgan fingerprint density at radius 1 is 0.553 bits per heavy atom. The third-order valence-electron chi connectivity index (χ3n) is 5.27. The highest BCUT2D eigenvalue weighted by Gasteiger charge is 2.38. The number of thioether (sulfide) groups is 1. The van der Waals surface area contributed by atoms with Crippen molar-refractivity contribution in [3.8, 4) is 0 Å². The van der Waals surface area contributed by atoms with E-state index < -0.39 is 20.0 Å². The molecule has 0 bridgehead atoms. The summed E-state index contributed by atoms with van der Waals surface area (Å²) in [6.45, 7) is 0. The van der Waals surface area contributed by atoms with Gasteiger partial charge in [0.05, 0.1) is 15.5 Å². The molecule has 1 aliphatic heterocycles. The minimum Gasteiger partial charge on any atom is -0.270 e. The molecule has 0 amide bonds. The van der Waals surface area contributed by atoms with Crippen LogP contribution >= 0.6 is 11.8 Å². The van der Waals surface area contributed by atoms with Gasteiger partial charge < -0.3 is 0 Å². The minimum atomic E-state index is -4.23. The van der Waals surface area contributed by atoms with Gasteiger partial charge in [-0.05, 0) is 60.3 Å². The number of amidine groups is 2. The average Bonchev–Trinajstić information content (AvgIpc) is 3.25. The van der Waals surface area contributed by atoms with Gasteiger partial charge in [-0.25, -0.2) is 4.99 Å². The molecule has 0 unspecified atom stereocenters. The zero-order chi connectivity index (χ0) is 26.6. The van der Waals surface area contributed by atoms with Gasteiger partial charge in [-0.15, -0.1) is 8.80 Å². The smallest absolute Gasteiger partial charge is 0.270 e. The molecule has 0 atom stereocenters. The fraction of sp³-hybridized carbons (Fsp3) is 0. The maximum Gasteiger partial charge on any atom is 0.284 e. The van der Waals surface area contributed by atoms with E-state index in [2.05, 4.69) is 13.8 Å². The van der Waals surface area contributed by atoms with Gasteiger partial charge in [0.25, 0.3) is 20.0 Å². The average molecular weight is 561 g/mol. The van der Waals surface area contributed by atoms with Gasteiger partial charge in [0.15, 0.2) is 16.0 Å². The third-order valence-corrected chi connectivity index (χ3v) is 8.88. The number of hydrogen-bond acceptors (Lipinski definition) is 6. The first-order valence-electron chi connectivity index (χ1n) is 11.3. The minimum absolute atomic E-state index is 0.0296. The predicted molar refractivity (Wildman–Crippen MR) is 152 cm³/mol. The van der Waals surface area contributed by atoms with E-state index in [-0.39, 0.29) is 20.7 Å². The first-order valence-corrected chi connectivity index (χ1v) is 15.0. The molecule has 5 rings (SSSR count). The van der Waals surface area contributed by atoms with Crippen LogP contribution in [0.25, 0.3) is 0 Å². The van der Waals surface area contributed by atoms with Crippen LogP contribution in [0.1, 0.15) is 0 Å². The normalized spacial score (nSPS) is 17.4. The van der Waals surface area contributed by atoms with Gasteiger partial charge in [0.1, 0.15) is 0 Å². The topological polar surface area (TPSA) is 109 Å². The molecule has 1 aliphatic rings.